The summed E-state index contributed by atoms with van der Waals surface area (Å²) in [6, 6.07) is 11.0. The minimum Gasteiger partial charge on any atom is -0.475 e. The molecule has 0 saturated carbocycles. The number of H-pyrrole nitrogens is 1. The van der Waals surface area contributed by atoms with E-state index in [0.717, 1.165) is 34.4 Å². The van der Waals surface area contributed by atoms with Gasteiger partial charge in [0.15, 0.2) is 0 Å². The molecule has 4 aromatic rings. The second-order valence-electron chi connectivity index (χ2n) is 8.61. The van der Waals surface area contributed by atoms with E-state index in [-0.39, 0.29) is 5.92 Å². The number of carbonyl (C=O) groups is 1. The Kier molecular flexibility index (Phi) is 7.76. The predicted molar refractivity (Wildman–Crippen MR) is 130 cm³/mol. The van der Waals surface area contributed by atoms with Gasteiger partial charge in [-0.3, -0.25) is 4.68 Å². The van der Waals surface area contributed by atoms with E-state index in [1.54, 1.807) is 23.0 Å². The molecule has 1 aliphatic heterocycles. The highest BCUT2D eigenvalue weighted by molar-refractivity contribution is 5.90. The normalized spacial score (nSPS) is 15.7. The maximum atomic E-state index is 14.2. The fourth-order valence-electron chi connectivity index (χ4n) is 4.49. The molecular formula is C25H20F4N8O2. The van der Waals surface area contributed by atoms with Gasteiger partial charge < -0.3 is 15.0 Å². The van der Waals surface area contributed by atoms with Gasteiger partial charge in [-0.15, -0.1) is 0 Å². The maximum absolute atomic E-state index is 14.2. The number of hydrogen-bond acceptors (Lipinski definition) is 7. The molecule has 0 radical (unpaired) electrons. The van der Waals surface area contributed by atoms with Crippen LogP contribution >= 0.6 is 0 Å². The number of nitrogens with one attached hydrogen (secondary N) is 1. The molecule has 1 saturated heterocycles. The summed E-state index contributed by atoms with van der Waals surface area (Å²) < 4.78 is 47.6. The van der Waals surface area contributed by atoms with Crippen LogP contribution < -0.4 is 4.90 Å². The first-order valence-corrected chi connectivity index (χ1v) is 11.5. The number of carboxylic acid groups (broad SMARTS) is 1. The van der Waals surface area contributed by atoms with Crippen molar-refractivity contribution in [1.29, 1.82) is 10.5 Å². The Morgan fingerprint density at radius 2 is 2.00 bits per heavy atom. The Labute approximate surface area is 218 Å². The van der Waals surface area contributed by atoms with Crippen LogP contribution in [-0.4, -0.2) is 61.7 Å². The lowest BCUT2D eigenvalue weighted by Crippen LogP contribution is -2.26. The molecule has 5 rings (SSSR count). The number of halogens is 4. The van der Waals surface area contributed by atoms with Gasteiger partial charge in [-0.2, -0.15) is 28.8 Å². The maximum Gasteiger partial charge on any atom is 0.490 e. The standard InChI is InChI=1S/C23H19FN8.C2HF3O2/c24-8-21(16-5-7-31(12-16)20-3-1-2-15(9-25)19(20)10-26)32-13-17(11-30-32)22-18-4-6-27-23(18)29-14-28-22;3-2(4,5)1(6)7/h1-4,6,11,13-14,16,21H,5,7-8,12H2,(H,27,28,29);(H,6,7)/t16-,21?;/m0./s1. The molecule has 0 spiro atoms. The average molecular weight is 540 g/mol. The second kappa shape index (κ2) is 11.2. The second-order valence-corrected chi connectivity index (χ2v) is 8.61. The number of benzene rings is 1. The molecule has 1 fully saturated rings. The van der Waals surface area contributed by atoms with Crippen LogP contribution in [0.4, 0.5) is 23.2 Å². The Morgan fingerprint density at radius 3 is 2.67 bits per heavy atom. The Morgan fingerprint density at radius 1 is 1.23 bits per heavy atom. The highest BCUT2D eigenvalue weighted by Gasteiger charge is 2.38. The Balaban J connectivity index is 0.000000448. The number of aromatic amines is 1. The number of aromatic nitrogens is 5. The summed E-state index contributed by atoms with van der Waals surface area (Å²) in [5.74, 6) is -2.74. The number of aliphatic carboxylic acids is 1. The quantitative estimate of drug-likeness (QED) is 0.357. The van der Waals surface area contributed by atoms with Crippen LogP contribution in [0.1, 0.15) is 23.6 Å². The first kappa shape index (κ1) is 27.1. The van der Waals surface area contributed by atoms with Gasteiger partial charge in [0.05, 0.1) is 34.7 Å². The average Bonchev–Trinajstić information content (AvgIpc) is 3.69. The lowest BCUT2D eigenvalue weighted by Gasteiger charge is -2.23. The van der Waals surface area contributed by atoms with E-state index in [2.05, 4.69) is 37.1 Å². The van der Waals surface area contributed by atoms with E-state index < -0.39 is 24.9 Å². The largest absolute Gasteiger partial charge is 0.490 e. The fourth-order valence-corrected chi connectivity index (χ4v) is 4.49. The Hall–Kier alpha value is -4.98. The number of nitriles is 2. The third-order valence-corrected chi connectivity index (χ3v) is 6.35. The van der Waals surface area contributed by atoms with Crippen molar-refractivity contribution >= 4 is 22.7 Å². The number of fused-ring (bicyclic) bond motifs is 1. The molecule has 0 aliphatic carbocycles. The predicted octanol–water partition coefficient (Wildman–Crippen LogP) is 4.24. The van der Waals surface area contributed by atoms with Crippen molar-refractivity contribution in [3.05, 3.63) is 60.3 Å². The van der Waals surface area contributed by atoms with Gasteiger partial charge in [0.1, 0.15) is 30.8 Å². The number of nitrogens with zero attached hydrogens (tertiary/aromatic N) is 7. The van der Waals surface area contributed by atoms with Gasteiger partial charge in [-0.1, -0.05) is 6.07 Å². The fraction of sp³-hybridized carbons (Fsp3) is 0.280. The molecule has 1 aromatic carbocycles. The van der Waals surface area contributed by atoms with Crippen LogP contribution in [0.5, 0.6) is 0 Å². The minimum absolute atomic E-state index is 0.0164. The molecule has 0 amide bonds. The molecule has 0 bridgehead atoms. The number of anilines is 1. The SMILES string of the molecule is N#Cc1cccc(N2CC[C@H](C(CF)n3cc(-c4ncnc5[nH]ccc45)cn3)C2)c1C#N.O=C(O)C(F)(F)F. The number of hydrogen-bond donors (Lipinski definition) is 2. The van der Waals surface area contributed by atoms with E-state index in [9.17, 15) is 28.1 Å². The molecule has 200 valence electrons. The van der Waals surface area contributed by atoms with Crippen LogP contribution in [-0.2, 0) is 4.79 Å². The lowest BCUT2D eigenvalue weighted by molar-refractivity contribution is -0.192. The van der Waals surface area contributed by atoms with Gasteiger partial charge in [-0.05, 0) is 24.6 Å². The van der Waals surface area contributed by atoms with Crippen molar-refractivity contribution in [1.82, 2.24) is 24.7 Å². The Bertz CT molecular complexity index is 1570. The number of rotatable bonds is 5. The molecule has 3 aromatic heterocycles. The van der Waals surface area contributed by atoms with E-state index in [1.807, 2.05) is 24.5 Å². The van der Waals surface area contributed by atoms with Gasteiger partial charge >= 0.3 is 12.1 Å². The zero-order valence-corrected chi connectivity index (χ0v) is 20.1. The molecule has 14 heteroatoms. The summed E-state index contributed by atoms with van der Waals surface area (Å²) in [4.78, 5) is 22.6. The molecule has 1 aliphatic rings. The molecule has 39 heavy (non-hydrogen) atoms. The topological polar surface area (TPSA) is 148 Å². The third-order valence-electron chi connectivity index (χ3n) is 6.35. The highest BCUT2D eigenvalue weighted by atomic mass is 19.4. The van der Waals surface area contributed by atoms with Crippen molar-refractivity contribution in [2.24, 2.45) is 5.92 Å². The van der Waals surface area contributed by atoms with Gasteiger partial charge in [0, 0.05) is 42.4 Å². The smallest absolute Gasteiger partial charge is 0.475 e. The monoisotopic (exact) mass is 540 g/mol. The van der Waals surface area contributed by atoms with Crippen molar-refractivity contribution < 1.29 is 27.5 Å². The summed E-state index contributed by atoms with van der Waals surface area (Å²) in [5.41, 5.74) is 3.74. The van der Waals surface area contributed by atoms with Crippen LogP contribution in [0.2, 0.25) is 0 Å². The lowest BCUT2D eigenvalue weighted by atomic mass is 10.00. The summed E-state index contributed by atoms with van der Waals surface area (Å²) in [7, 11) is 0. The van der Waals surface area contributed by atoms with Crippen LogP contribution in [0.25, 0.3) is 22.3 Å². The van der Waals surface area contributed by atoms with Gasteiger partial charge in [-0.25, -0.2) is 19.2 Å². The van der Waals surface area contributed by atoms with Crippen molar-refractivity contribution in [3.63, 3.8) is 0 Å². The minimum atomic E-state index is -5.08. The van der Waals surface area contributed by atoms with Crippen molar-refractivity contribution in [3.8, 4) is 23.4 Å². The molecular weight excluding hydrogens is 520 g/mol. The van der Waals surface area contributed by atoms with Gasteiger partial charge in [0.25, 0.3) is 0 Å². The highest BCUT2D eigenvalue weighted by Crippen LogP contribution is 2.34. The molecule has 4 heterocycles. The first-order chi connectivity index (χ1) is 18.7. The summed E-state index contributed by atoms with van der Waals surface area (Å²) >= 11 is 0. The van der Waals surface area contributed by atoms with Gasteiger partial charge in [0.2, 0.25) is 0 Å². The zero-order valence-electron chi connectivity index (χ0n) is 20.1. The van der Waals surface area contributed by atoms with Crippen molar-refractivity contribution in [2.45, 2.75) is 18.6 Å². The molecule has 1 unspecified atom stereocenters. The molecule has 10 nitrogen and oxygen atoms in total. The van der Waals surface area contributed by atoms with E-state index >= 15 is 0 Å². The number of alkyl halides is 4. The third kappa shape index (κ3) is 5.65. The number of carboxylic acids is 1. The van der Waals surface area contributed by atoms with Crippen molar-refractivity contribution in [2.75, 3.05) is 24.7 Å². The summed E-state index contributed by atoms with van der Waals surface area (Å²) in [5, 5.41) is 31.3. The summed E-state index contributed by atoms with van der Waals surface area (Å²) in [6.07, 6.45) is 2.52. The molecule has 2 atom stereocenters. The molecule has 2 N–H and O–H groups in total. The van der Waals surface area contributed by atoms with Crippen LogP contribution in [0, 0.1) is 28.6 Å². The first-order valence-electron chi connectivity index (χ1n) is 11.5. The van der Waals surface area contributed by atoms with Crippen LogP contribution in [0.3, 0.4) is 0 Å². The van der Waals surface area contributed by atoms with E-state index in [1.165, 1.54) is 6.33 Å². The van der Waals surface area contributed by atoms with E-state index in [4.69, 9.17) is 9.90 Å². The van der Waals surface area contributed by atoms with Crippen LogP contribution in [0.15, 0.2) is 49.2 Å². The zero-order chi connectivity index (χ0) is 28.2. The van der Waals surface area contributed by atoms with E-state index in [0.29, 0.717) is 24.2 Å². The summed E-state index contributed by atoms with van der Waals surface area (Å²) in [6.45, 7) is 0.726.